The van der Waals surface area contributed by atoms with Crippen molar-refractivity contribution in [2.24, 2.45) is 0 Å². The molecule has 1 amide bonds. The molecule has 0 radical (unpaired) electrons. The molecule has 0 saturated carbocycles. The molecule has 0 bridgehead atoms. The topological polar surface area (TPSA) is 98.2 Å². The molecule has 0 spiro atoms. The summed E-state index contributed by atoms with van der Waals surface area (Å²) >= 11 is 0. The standard InChI is InChI=1S/C27H33N3O5S/c1-19-7-9-20(10-8-19)24-23(25(31)21-11-13-22(14-12-21)36(34,35)28(2)3)26(32)27(33)30(24)18-17-29-15-5-4-6-16-29/h7-14,24,31H,4-6,15-18H2,1-3H3/b25-23+/t24-/m1/s1. The summed E-state index contributed by atoms with van der Waals surface area (Å²) < 4.78 is 25.9. The first-order valence-corrected chi connectivity index (χ1v) is 13.7. The smallest absolute Gasteiger partial charge is 0.295 e. The Hall–Kier alpha value is -3.01. The molecule has 2 heterocycles. The highest BCUT2D eigenvalue weighted by molar-refractivity contribution is 7.89. The van der Waals surface area contributed by atoms with Gasteiger partial charge in [0.05, 0.1) is 16.5 Å². The van der Waals surface area contributed by atoms with Gasteiger partial charge < -0.3 is 14.9 Å². The van der Waals surface area contributed by atoms with E-state index in [1.165, 1.54) is 44.8 Å². The van der Waals surface area contributed by atoms with Crippen LogP contribution in [0.15, 0.2) is 59.0 Å². The number of carbonyl (C=O) groups is 2. The van der Waals surface area contributed by atoms with Crippen molar-refractivity contribution in [3.8, 4) is 0 Å². The first-order chi connectivity index (χ1) is 17.1. The number of aryl methyl sites for hydroxylation is 1. The van der Waals surface area contributed by atoms with Crippen molar-refractivity contribution in [2.75, 3.05) is 40.3 Å². The molecule has 2 aliphatic heterocycles. The normalized spacial score (nSPS) is 20.9. The van der Waals surface area contributed by atoms with Crippen LogP contribution in [0.4, 0.5) is 0 Å². The van der Waals surface area contributed by atoms with Crippen molar-refractivity contribution in [3.63, 3.8) is 0 Å². The Kier molecular flexibility index (Phi) is 7.63. The molecule has 8 nitrogen and oxygen atoms in total. The number of rotatable bonds is 7. The van der Waals surface area contributed by atoms with Crippen molar-refractivity contribution in [1.82, 2.24) is 14.1 Å². The fraction of sp³-hybridized carbons (Fsp3) is 0.407. The van der Waals surface area contributed by atoms with E-state index in [2.05, 4.69) is 4.90 Å². The lowest BCUT2D eigenvalue weighted by Crippen LogP contribution is -2.39. The van der Waals surface area contributed by atoms with Crippen LogP contribution in [0.2, 0.25) is 0 Å². The summed E-state index contributed by atoms with van der Waals surface area (Å²) in [5, 5.41) is 11.2. The second-order valence-corrected chi connectivity index (χ2v) is 11.8. The Morgan fingerprint density at radius 2 is 1.56 bits per heavy atom. The second kappa shape index (κ2) is 10.5. The number of piperidine rings is 1. The number of aliphatic hydroxyl groups is 1. The van der Waals surface area contributed by atoms with Crippen LogP contribution in [-0.4, -0.2) is 79.6 Å². The van der Waals surface area contributed by atoms with E-state index in [0.717, 1.165) is 41.4 Å². The lowest BCUT2D eigenvalue weighted by Gasteiger charge is -2.31. The Labute approximate surface area is 212 Å². The maximum Gasteiger partial charge on any atom is 0.295 e. The summed E-state index contributed by atoms with van der Waals surface area (Å²) in [7, 11) is -0.760. The summed E-state index contributed by atoms with van der Waals surface area (Å²) in [6, 6.07) is 12.6. The van der Waals surface area contributed by atoms with Crippen LogP contribution >= 0.6 is 0 Å². The number of carbonyl (C=O) groups excluding carboxylic acids is 2. The molecule has 36 heavy (non-hydrogen) atoms. The van der Waals surface area contributed by atoms with Crippen LogP contribution < -0.4 is 0 Å². The van der Waals surface area contributed by atoms with Gasteiger partial charge >= 0.3 is 0 Å². The molecule has 2 aromatic rings. The summed E-state index contributed by atoms with van der Waals surface area (Å²) in [5.74, 6) is -1.68. The van der Waals surface area contributed by atoms with E-state index in [9.17, 15) is 23.1 Å². The molecule has 4 rings (SSSR count). The summed E-state index contributed by atoms with van der Waals surface area (Å²) in [5.41, 5.74) is 2.08. The van der Waals surface area contributed by atoms with E-state index in [0.29, 0.717) is 13.1 Å². The maximum atomic E-state index is 13.2. The van der Waals surface area contributed by atoms with Gasteiger partial charge in [0.25, 0.3) is 11.7 Å². The maximum absolute atomic E-state index is 13.2. The molecule has 192 valence electrons. The number of nitrogens with zero attached hydrogens (tertiary/aromatic N) is 3. The molecule has 2 fully saturated rings. The van der Waals surface area contributed by atoms with Gasteiger partial charge in [-0.15, -0.1) is 0 Å². The predicted molar refractivity (Wildman–Crippen MR) is 138 cm³/mol. The van der Waals surface area contributed by atoms with Crippen molar-refractivity contribution in [3.05, 3.63) is 70.8 Å². The molecular formula is C27H33N3O5S. The quantitative estimate of drug-likeness (QED) is 0.348. The minimum atomic E-state index is -3.64. The Morgan fingerprint density at radius 1 is 0.944 bits per heavy atom. The van der Waals surface area contributed by atoms with E-state index in [4.69, 9.17) is 0 Å². The summed E-state index contributed by atoms with van der Waals surface area (Å²) in [4.78, 5) is 30.3. The number of ketones is 1. The molecule has 2 aliphatic rings. The zero-order valence-corrected chi connectivity index (χ0v) is 21.8. The van der Waals surface area contributed by atoms with Gasteiger partial charge in [-0.25, -0.2) is 12.7 Å². The summed E-state index contributed by atoms with van der Waals surface area (Å²) in [6.07, 6.45) is 3.46. The SMILES string of the molecule is Cc1ccc([C@@H]2/C(=C(\O)c3ccc(S(=O)(=O)N(C)C)cc3)C(=O)C(=O)N2CCN2CCCCC2)cc1. The zero-order chi connectivity index (χ0) is 26.0. The third-order valence-electron chi connectivity index (χ3n) is 6.95. The molecule has 0 aromatic heterocycles. The van der Waals surface area contributed by atoms with E-state index in [1.807, 2.05) is 31.2 Å². The first-order valence-electron chi connectivity index (χ1n) is 12.2. The molecular weight excluding hydrogens is 478 g/mol. The van der Waals surface area contributed by atoms with Crippen molar-refractivity contribution in [2.45, 2.75) is 37.1 Å². The van der Waals surface area contributed by atoms with Gasteiger partial charge in [0.2, 0.25) is 10.0 Å². The van der Waals surface area contributed by atoms with E-state index in [1.54, 1.807) is 4.90 Å². The molecule has 0 aliphatic carbocycles. The Bertz CT molecular complexity index is 1260. The Morgan fingerprint density at radius 3 is 2.14 bits per heavy atom. The van der Waals surface area contributed by atoms with E-state index >= 15 is 0 Å². The van der Waals surface area contributed by atoms with Gasteiger partial charge in [-0.1, -0.05) is 36.2 Å². The number of Topliss-reactive ketones (excluding diaryl/α,β-unsaturated/α-hetero) is 1. The largest absolute Gasteiger partial charge is 0.507 e. The third-order valence-corrected chi connectivity index (χ3v) is 8.77. The van der Waals surface area contributed by atoms with Crippen LogP contribution in [-0.2, 0) is 19.6 Å². The van der Waals surface area contributed by atoms with E-state index in [-0.39, 0.29) is 21.8 Å². The van der Waals surface area contributed by atoms with Gasteiger partial charge in [-0.05, 0) is 62.7 Å². The number of benzene rings is 2. The first kappa shape index (κ1) is 26.1. The predicted octanol–water partition coefficient (Wildman–Crippen LogP) is 3.15. The fourth-order valence-corrected chi connectivity index (χ4v) is 5.69. The van der Waals surface area contributed by atoms with Crippen LogP contribution in [0, 0.1) is 6.92 Å². The molecule has 2 saturated heterocycles. The van der Waals surface area contributed by atoms with Crippen molar-refractivity contribution < 1.29 is 23.1 Å². The molecule has 9 heteroatoms. The number of hydrogen-bond acceptors (Lipinski definition) is 6. The summed E-state index contributed by atoms with van der Waals surface area (Å²) in [6.45, 7) is 4.94. The molecule has 0 unspecified atom stereocenters. The average molecular weight is 512 g/mol. The lowest BCUT2D eigenvalue weighted by molar-refractivity contribution is -0.140. The van der Waals surface area contributed by atoms with Gasteiger partial charge in [0, 0.05) is 32.7 Å². The molecule has 1 N–H and O–H groups in total. The van der Waals surface area contributed by atoms with Gasteiger partial charge in [0.1, 0.15) is 5.76 Å². The average Bonchev–Trinajstić information content (AvgIpc) is 3.13. The minimum Gasteiger partial charge on any atom is -0.507 e. The van der Waals surface area contributed by atoms with Crippen LogP contribution in [0.5, 0.6) is 0 Å². The van der Waals surface area contributed by atoms with Crippen LogP contribution in [0.3, 0.4) is 0 Å². The Balaban J connectivity index is 1.72. The third kappa shape index (κ3) is 5.09. The molecule has 1 atom stereocenters. The van der Waals surface area contributed by atoms with Crippen LogP contribution in [0.25, 0.3) is 5.76 Å². The van der Waals surface area contributed by atoms with Gasteiger partial charge in [-0.3, -0.25) is 9.59 Å². The van der Waals surface area contributed by atoms with Gasteiger partial charge in [0.15, 0.2) is 0 Å². The number of sulfonamides is 1. The molecule has 2 aromatic carbocycles. The number of hydrogen-bond donors (Lipinski definition) is 1. The van der Waals surface area contributed by atoms with Crippen molar-refractivity contribution in [1.29, 1.82) is 0 Å². The second-order valence-electron chi connectivity index (χ2n) is 9.62. The highest BCUT2D eigenvalue weighted by Gasteiger charge is 2.46. The van der Waals surface area contributed by atoms with E-state index < -0.39 is 27.8 Å². The van der Waals surface area contributed by atoms with Gasteiger partial charge in [-0.2, -0.15) is 0 Å². The number of aliphatic hydroxyl groups excluding tert-OH is 1. The zero-order valence-electron chi connectivity index (χ0n) is 21.0. The monoisotopic (exact) mass is 511 g/mol. The fourth-order valence-electron chi connectivity index (χ4n) is 4.79. The number of amides is 1. The number of likely N-dealkylation sites (tertiary alicyclic amines) is 2. The van der Waals surface area contributed by atoms with Crippen LogP contribution in [0.1, 0.15) is 42.0 Å². The highest BCUT2D eigenvalue weighted by Crippen LogP contribution is 2.39. The lowest BCUT2D eigenvalue weighted by atomic mass is 9.95. The minimum absolute atomic E-state index is 0.0192. The van der Waals surface area contributed by atoms with Crippen molar-refractivity contribution >= 4 is 27.5 Å². The highest BCUT2D eigenvalue weighted by atomic mass is 32.2.